The number of carbonyl (C=O) groups is 2. The fourth-order valence-electron chi connectivity index (χ4n) is 1.80. The van der Waals surface area contributed by atoms with Crippen molar-refractivity contribution in [3.63, 3.8) is 0 Å². The van der Waals surface area contributed by atoms with Gasteiger partial charge in [0.2, 0.25) is 0 Å². The number of nitrogens with one attached hydrogen (secondary N) is 1. The number of carboxylic acids is 2. The molecule has 1 unspecified atom stereocenters. The molecule has 2 aromatic rings. The molecule has 0 aliphatic heterocycles. The zero-order valence-corrected chi connectivity index (χ0v) is 13.1. The number of aliphatic hydroxyl groups excluding tert-OH is 1. The molecular formula is C18H21NO5. The molecule has 1 atom stereocenters. The van der Waals surface area contributed by atoms with Crippen molar-refractivity contribution in [2.45, 2.75) is 25.6 Å². The highest BCUT2D eigenvalue weighted by atomic mass is 16.4. The Bertz CT molecular complexity index is 576. The fraction of sp³-hybridized carbons (Fsp3) is 0.222. The Morgan fingerprint density at radius 2 is 1.25 bits per heavy atom. The molecule has 128 valence electrons. The molecule has 6 heteroatoms. The number of hydrogen-bond acceptors (Lipinski definition) is 4. The Morgan fingerprint density at radius 3 is 1.54 bits per heavy atom. The van der Waals surface area contributed by atoms with Crippen LogP contribution in [0.15, 0.2) is 60.7 Å². The standard InChI is InChI=1S/C14H15N.C4H6O5/c1-3-7-13(8-4-1)11-15-12-14-9-5-2-6-10-14;5-2(4(8)9)1-3(6)7/h1-10,15H,11-12H2;2,5H,1H2,(H,6,7)(H,8,9). The van der Waals surface area contributed by atoms with Crippen molar-refractivity contribution < 1.29 is 24.9 Å². The molecule has 0 bridgehead atoms. The van der Waals surface area contributed by atoms with Crippen molar-refractivity contribution in [1.29, 1.82) is 0 Å². The molecule has 0 amide bonds. The van der Waals surface area contributed by atoms with Crippen molar-refractivity contribution >= 4 is 11.9 Å². The largest absolute Gasteiger partial charge is 0.481 e. The van der Waals surface area contributed by atoms with Gasteiger partial charge in [0.15, 0.2) is 6.10 Å². The lowest BCUT2D eigenvalue weighted by Crippen LogP contribution is -2.22. The van der Waals surface area contributed by atoms with Gasteiger partial charge in [-0.25, -0.2) is 4.79 Å². The molecule has 0 fully saturated rings. The smallest absolute Gasteiger partial charge is 0.333 e. The summed E-state index contributed by atoms with van der Waals surface area (Å²) in [6.45, 7) is 1.85. The Balaban J connectivity index is 0.000000277. The highest BCUT2D eigenvalue weighted by Gasteiger charge is 2.16. The summed E-state index contributed by atoms with van der Waals surface area (Å²) < 4.78 is 0. The van der Waals surface area contributed by atoms with Crippen molar-refractivity contribution in [1.82, 2.24) is 5.32 Å². The van der Waals surface area contributed by atoms with Gasteiger partial charge >= 0.3 is 11.9 Å². The molecule has 6 nitrogen and oxygen atoms in total. The van der Waals surface area contributed by atoms with E-state index < -0.39 is 24.5 Å². The molecule has 0 aliphatic rings. The maximum absolute atomic E-state index is 9.72. The van der Waals surface area contributed by atoms with Gasteiger partial charge in [0.25, 0.3) is 0 Å². The summed E-state index contributed by atoms with van der Waals surface area (Å²) in [5.74, 6) is -2.85. The summed E-state index contributed by atoms with van der Waals surface area (Å²) in [5.41, 5.74) is 2.65. The van der Waals surface area contributed by atoms with Gasteiger partial charge < -0.3 is 20.6 Å². The fourth-order valence-corrected chi connectivity index (χ4v) is 1.80. The van der Waals surface area contributed by atoms with E-state index in [-0.39, 0.29) is 0 Å². The van der Waals surface area contributed by atoms with Gasteiger partial charge in [-0.3, -0.25) is 4.79 Å². The number of benzene rings is 2. The summed E-state index contributed by atoms with van der Waals surface area (Å²) in [4.78, 5) is 19.4. The van der Waals surface area contributed by atoms with Crippen molar-refractivity contribution in [3.8, 4) is 0 Å². The summed E-state index contributed by atoms with van der Waals surface area (Å²) in [5, 5.41) is 27.6. The zero-order valence-electron chi connectivity index (χ0n) is 13.1. The molecule has 2 aromatic carbocycles. The van der Waals surface area contributed by atoms with Gasteiger partial charge in [0.1, 0.15) is 0 Å². The Kier molecular flexibility index (Phi) is 8.81. The molecule has 0 saturated carbocycles. The lowest BCUT2D eigenvalue weighted by atomic mass is 10.2. The number of hydrogen-bond donors (Lipinski definition) is 4. The minimum absolute atomic E-state index is 0.755. The van der Waals surface area contributed by atoms with Gasteiger partial charge in [-0.05, 0) is 11.1 Å². The molecule has 0 radical (unpaired) electrons. The third kappa shape index (κ3) is 8.67. The second-order valence-electron chi connectivity index (χ2n) is 5.03. The van der Waals surface area contributed by atoms with Crippen LogP contribution in [0.5, 0.6) is 0 Å². The van der Waals surface area contributed by atoms with Crippen LogP contribution in [0, 0.1) is 0 Å². The first-order valence-corrected chi connectivity index (χ1v) is 7.40. The van der Waals surface area contributed by atoms with Crippen LogP contribution in [0.1, 0.15) is 17.5 Å². The number of aliphatic carboxylic acids is 2. The van der Waals surface area contributed by atoms with Crippen LogP contribution in [0.2, 0.25) is 0 Å². The lowest BCUT2D eigenvalue weighted by Gasteiger charge is -2.04. The third-order valence-corrected chi connectivity index (χ3v) is 3.00. The molecule has 24 heavy (non-hydrogen) atoms. The number of rotatable bonds is 7. The quantitative estimate of drug-likeness (QED) is 0.617. The summed E-state index contributed by atoms with van der Waals surface area (Å²) in [6, 6.07) is 20.9. The van der Waals surface area contributed by atoms with Crippen molar-refractivity contribution in [2.24, 2.45) is 0 Å². The first-order valence-electron chi connectivity index (χ1n) is 7.40. The molecule has 0 saturated heterocycles. The topological polar surface area (TPSA) is 107 Å². The van der Waals surface area contributed by atoms with Gasteiger partial charge in [0, 0.05) is 13.1 Å². The van der Waals surface area contributed by atoms with E-state index in [1.165, 1.54) is 11.1 Å². The second kappa shape index (κ2) is 10.9. The highest BCUT2D eigenvalue weighted by Crippen LogP contribution is 2.00. The summed E-state index contributed by atoms with van der Waals surface area (Å²) >= 11 is 0. The van der Waals surface area contributed by atoms with Crippen LogP contribution < -0.4 is 5.32 Å². The Hall–Kier alpha value is -2.70. The predicted molar refractivity (Wildman–Crippen MR) is 89.3 cm³/mol. The first kappa shape index (κ1) is 19.3. The maximum atomic E-state index is 9.72. The average molecular weight is 331 g/mol. The monoisotopic (exact) mass is 331 g/mol. The number of aliphatic hydroxyl groups is 1. The maximum Gasteiger partial charge on any atom is 0.333 e. The normalized spacial score (nSPS) is 11.0. The zero-order chi connectivity index (χ0) is 17.8. The Morgan fingerprint density at radius 1 is 0.833 bits per heavy atom. The second-order valence-corrected chi connectivity index (χ2v) is 5.03. The van der Waals surface area contributed by atoms with Crippen molar-refractivity contribution in [3.05, 3.63) is 71.8 Å². The lowest BCUT2D eigenvalue weighted by molar-refractivity contribution is -0.152. The summed E-state index contributed by atoms with van der Waals surface area (Å²) in [7, 11) is 0. The molecule has 0 aromatic heterocycles. The molecule has 0 heterocycles. The first-order chi connectivity index (χ1) is 11.5. The van der Waals surface area contributed by atoms with Crippen LogP contribution in [0.4, 0.5) is 0 Å². The minimum Gasteiger partial charge on any atom is -0.481 e. The predicted octanol–water partition coefficient (Wildman–Crippen LogP) is 1.88. The van der Waals surface area contributed by atoms with E-state index >= 15 is 0 Å². The minimum atomic E-state index is -1.79. The van der Waals surface area contributed by atoms with E-state index in [0.29, 0.717) is 0 Å². The van der Waals surface area contributed by atoms with Gasteiger partial charge in [-0.2, -0.15) is 0 Å². The van der Waals surface area contributed by atoms with Crippen LogP contribution in [-0.2, 0) is 22.7 Å². The van der Waals surface area contributed by atoms with Crippen molar-refractivity contribution in [2.75, 3.05) is 0 Å². The molecular weight excluding hydrogens is 310 g/mol. The molecule has 0 aliphatic carbocycles. The van der Waals surface area contributed by atoms with Crippen LogP contribution in [0.3, 0.4) is 0 Å². The van der Waals surface area contributed by atoms with Gasteiger partial charge in [-0.1, -0.05) is 60.7 Å². The van der Waals surface area contributed by atoms with E-state index in [2.05, 4.69) is 53.8 Å². The molecule has 4 N–H and O–H groups in total. The van der Waals surface area contributed by atoms with Gasteiger partial charge in [0.05, 0.1) is 6.42 Å². The van der Waals surface area contributed by atoms with Gasteiger partial charge in [-0.15, -0.1) is 0 Å². The average Bonchev–Trinajstić information content (AvgIpc) is 2.57. The number of carboxylic acid groups (broad SMARTS) is 2. The van der Waals surface area contributed by atoms with E-state index in [0.717, 1.165) is 13.1 Å². The third-order valence-electron chi connectivity index (χ3n) is 3.00. The summed E-state index contributed by atoms with van der Waals surface area (Å²) in [6.07, 6.45) is -2.54. The van der Waals surface area contributed by atoms with Crippen LogP contribution in [-0.4, -0.2) is 33.4 Å². The van der Waals surface area contributed by atoms with E-state index in [9.17, 15) is 9.59 Å². The molecule has 2 rings (SSSR count). The SMILES string of the molecule is O=C(O)CC(O)C(=O)O.c1ccc(CNCc2ccccc2)cc1. The Labute approximate surface area is 140 Å². The van der Waals surface area contributed by atoms with E-state index in [4.69, 9.17) is 15.3 Å². The molecule has 0 spiro atoms. The van der Waals surface area contributed by atoms with E-state index in [1.807, 2.05) is 12.1 Å². The van der Waals surface area contributed by atoms with Crippen LogP contribution in [0.25, 0.3) is 0 Å². The van der Waals surface area contributed by atoms with E-state index in [1.54, 1.807) is 0 Å². The highest BCUT2D eigenvalue weighted by molar-refractivity contribution is 5.79. The van der Waals surface area contributed by atoms with Crippen LogP contribution >= 0.6 is 0 Å².